The third kappa shape index (κ3) is 3.30. The highest BCUT2D eigenvalue weighted by Crippen LogP contribution is 2.32. The van der Waals surface area contributed by atoms with E-state index in [9.17, 15) is 8.42 Å². The first-order valence-corrected chi connectivity index (χ1v) is 8.64. The molecule has 3 atom stereocenters. The molecule has 0 bridgehead atoms. The van der Waals surface area contributed by atoms with Crippen LogP contribution in [0.3, 0.4) is 0 Å². The molecule has 1 heterocycles. The third-order valence-corrected chi connectivity index (χ3v) is 5.66. The fourth-order valence-electron chi connectivity index (χ4n) is 2.65. The lowest BCUT2D eigenvalue weighted by Gasteiger charge is -2.19. The van der Waals surface area contributed by atoms with Crippen molar-refractivity contribution < 1.29 is 8.42 Å². The second kappa shape index (κ2) is 6.10. The Hall–Kier alpha value is -1.14. The Morgan fingerprint density at radius 2 is 2.10 bits per heavy atom. The molecule has 1 saturated carbocycles. The standard InChI is InChI=1S/C14H23N3O2S/c1-4-15-14-9-12(7-8-16-14)20(18,19)17-13-6-5-10(2)11(13)3/h7-11,13,17H,4-6H2,1-3H3,(H,15,16). The maximum absolute atomic E-state index is 12.4. The predicted molar refractivity (Wildman–Crippen MR) is 80.1 cm³/mol. The summed E-state index contributed by atoms with van der Waals surface area (Å²) in [6, 6.07) is 3.15. The zero-order valence-electron chi connectivity index (χ0n) is 12.3. The number of pyridine rings is 1. The van der Waals surface area contributed by atoms with Gasteiger partial charge in [0.15, 0.2) is 0 Å². The summed E-state index contributed by atoms with van der Waals surface area (Å²) in [6.45, 7) is 6.94. The van der Waals surface area contributed by atoms with Crippen LogP contribution in [-0.2, 0) is 10.0 Å². The zero-order valence-corrected chi connectivity index (χ0v) is 13.1. The number of aromatic nitrogens is 1. The molecule has 20 heavy (non-hydrogen) atoms. The number of nitrogens with one attached hydrogen (secondary N) is 2. The van der Waals surface area contributed by atoms with E-state index in [0.29, 0.717) is 24.2 Å². The molecule has 0 saturated heterocycles. The Morgan fingerprint density at radius 1 is 1.35 bits per heavy atom. The zero-order chi connectivity index (χ0) is 14.8. The van der Waals surface area contributed by atoms with Gasteiger partial charge in [0, 0.05) is 24.8 Å². The van der Waals surface area contributed by atoms with E-state index in [4.69, 9.17) is 0 Å². The lowest BCUT2D eigenvalue weighted by Crippen LogP contribution is -2.37. The van der Waals surface area contributed by atoms with Gasteiger partial charge in [-0.3, -0.25) is 0 Å². The van der Waals surface area contributed by atoms with Crippen LogP contribution in [0.1, 0.15) is 33.6 Å². The second-order valence-corrected chi connectivity index (χ2v) is 7.26. The SMILES string of the molecule is CCNc1cc(S(=O)(=O)NC2CCC(C)C2C)ccn1. The highest BCUT2D eigenvalue weighted by molar-refractivity contribution is 7.89. The molecule has 2 N–H and O–H groups in total. The molecule has 5 nitrogen and oxygen atoms in total. The Balaban J connectivity index is 2.16. The lowest BCUT2D eigenvalue weighted by atomic mass is 9.98. The molecular formula is C14H23N3O2S. The monoisotopic (exact) mass is 297 g/mol. The van der Waals surface area contributed by atoms with Gasteiger partial charge in [0.05, 0.1) is 4.90 Å². The summed E-state index contributed by atoms with van der Waals surface area (Å²) in [5.74, 6) is 1.53. The van der Waals surface area contributed by atoms with Gasteiger partial charge in [-0.15, -0.1) is 0 Å². The average molecular weight is 297 g/mol. The molecule has 1 aromatic heterocycles. The molecule has 3 unspecified atom stereocenters. The van der Waals surface area contributed by atoms with Gasteiger partial charge in [-0.05, 0) is 37.7 Å². The van der Waals surface area contributed by atoms with Gasteiger partial charge in [-0.25, -0.2) is 18.1 Å². The van der Waals surface area contributed by atoms with Crippen LogP contribution >= 0.6 is 0 Å². The number of sulfonamides is 1. The summed E-state index contributed by atoms with van der Waals surface area (Å²) < 4.78 is 27.7. The minimum absolute atomic E-state index is 0.0331. The number of hydrogen-bond acceptors (Lipinski definition) is 4. The van der Waals surface area contributed by atoms with Crippen LogP contribution in [0.2, 0.25) is 0 Å². The largest absolute Gasteiger partial charge is 0.370 e. The van der Waals surface area contributed by atoms with Gasteiger partial charge in [0.2, 0.25) is 10.0 Å². The molecule has 0 spiro atoms. The number of nitrogens with zero attached hydrogens (tertiary/aromatic N) is 1. The lowest BCUT2D eigenvalue weighted by molar-refractivity contribution is 0.402. The van der Waals surface area contributed by atoms with Gasteiger partial charge < -0.3 is 5.32 Å². The Kier molecular flexibility index (Phi) is 4.65. The normalized spacial score (nSPS) is 26.6. The van der Waals surface area contributed by atoms with E-state index in [-0.39, 0.29) is 10.9 Å². The topological polar surface area (TPSA) is 71.1 Å². The van der Waals surface area contributed by atoms with E-state index in [1.807, 2.05) is 6.92 Å². The molecule has 1 aliphatic rings. The van der Waals surface area contributed by atoms with Crippen molar-refractivity contribution in [3.8, 4) is 0 Å². The maximum atomic E-state index is 12.4. The van der Waals surface area contributed by atoms with E-state index < -0.39 is 10.0 Å². The highest BCUT2D eigenvalue weighted by Gasteiger charge is 2.33. The molecule has 0 radical (unpaired) electrons. The van der Waals surface area contributed by atoms with E-state index in [1.165, 1.54) is 12.3 Å². The van der Waals surface area contributed by atoms with Crippen LogP contribution in [0.15, 0.2) is 23.2 Å². The first kappa shape index (κ1) is 15.3. The van der Waals surface area contributed by atoms with Gasteiger partial charge in [-0.1, -0.05) is 13.8 Å². The van der Waals surface area contributed by atoms with E-state index in [1.54, 1.807) is 6.07 Å². The Labute approximate surface area is 121 Å². The Morgan fingerprint density at radius 3 is 2.70 bits per heavy atom. The molecule has 0 aliphatic heterocycles. The predicted octanol–water partition coefficient (Wildman–Crippen LogP) is 2.23. The fourth-order valence-corrected chi connectivity index (χ4v) is 4.03. The molecule has 0 aromatic carbocycles. The molecule has 6 heteroatoms. The molecule has 1 aromatic rings. The maximum Gasteiger partial charge on any atom is 0.241 e. The van der Waals surface area contributed by atoms with Gasteiger partial charge in [0.25, 0.3) is 0 Å². The van der Waals surface area contributed by atoms with Crippen LogP contribution in [0.5, 0.6) is 0 Å². The fraction of sp³-hybridized carbons (Fsp3) is 0.643. The highest BCUT2D eigenvalue weighted by atomic mass is 32.2. The third-order valence-electron chi connectivity index (χ3n) is 4.17. The van der Waals surface area contributed by atoms with Crippen LogP contribution in [0.4, 0.5) is 5.82 Å². The molecule has 112 valence electrons. The molecule has 0 amide bonds. The van der Waals surface area contributed by atoms with Crippen molar-refractivity contribution in [2.45, 2.75) is 44.6 Å². The molecule has 1 fully saturated rings. The van der Waals surface area contributed by atoms with Crippen molar-refractivity contribution in [3.05, 3.63) is 18.3 Å². The summed E-state index contributed by atoms with van der Waals surface area (Å²) in [7, 11) is -3.47. The average Bonchev–Trinajstić information content (AvgIpc) is 2.71. The van der Waals surface area contributed by atoms with Crippen molar-refractivity contribution in [2.24, 2.45) is 11.8 Å². The summed E-state index contributed by atoms with van der Waals surface area (Å²) in [5, 5.41) is 3.03. The Bertz CT molecular complexity index is 559. The summed E-state index contributed by atoms with van der Waals surface area (Å²) in [6.07, 6.45) is 3.51. The number of hydrogen-bond donors (Lipinski definition) is 2. The first-order chi connectivity index (χ1) is 9.44. The molecule has 1 aliphatic carbocycles. The van der Waals surface area contributed by atoms with Crippen LogP contribution in [0, 0.1) is 11.8 Å². The number of anilines is 1. The smallest absolute Gasteiger partial charge is 0.241 e. The van der Waals surface area contributed by atoms with E-state index in [0.717, 1.165) is 12.8 Å². The van der Waals surface area contributed by atoms with Crippen molar-refractivity contribution in [1.29, 1.82) is 0 Å². The van der Waals surface area contributed by atoms with Crippen LogP contribution < -0.4 is 10.0 Å². The van der Waals surface area contributed by atoms with Gasteiger partial charge >= 0.3 is 0 Å². The van der Waals surface area contributed by atoms with Crippen LogP contribution in [-0.4, -0.2) is 26.0 Å². The number of rotatable bonds is 5. The summed E-state index contributed by atoms with van der Waals surface area (Å²) >= 11 is 0. The summed E-state index contributed by atoms with van der Waals surface area (Å²) in [4.78, 5) is 4.37. The minimum atomic E-state index is -3.47. The molecular weight excluding hydrogens is 274 g/mol. The van der Waals surface area contributed by atoms with Crippen molar-refractivity contribution >= 4 is 15.8 Å². The van der Waals surface area contributed by atoms with Crippen molar-refractivity contribution in [2.75, 3.05) is 11.9 Å². The van der Waals surface area contributed by atoms with Gasteiger partial charge in [-0.2, -0.15) is 0 Å². The minimum Gasteiger partial charge on any atom is -0.370 e. The van der Waals surface area contributed by atoms with Gasteiger partial charge in [0.1, 0.15) is 5.82 Å². The quantitative estimate of drug-likeness (QED) is 0.874. The van der Waals surface area contributed by atoms with E-state index >= 15 is 0 Å². The van der Waals surface area contributed by atoms with Crippen molar-refractivity contribution in [3.63, 3.8) is 0 Å². The first-order valence-electron chi connectivity index (χ1n) is 7.16. The molecule has 2 rings (SSSR count). The van der Waals surface area contributed by atoms with E-state index in [2.05, 4.69) is 28.9 Å². The van der Waals surface area contributed by atoms with Crippen molar-refractivity contribution in [1.82, 2.24) is 9.71 Å². The summed E-state index contributed by atoms with van der Waals surface area (Å²) in [5.41, 5.74) is 0. The second-order valence-electron chi connectivity index (χ2n) is 5.55. The van der Waals surface area contributed by atoms with Crippen LogP contribution in [0.25, 0.3) is 0 Å².